The number of nitriles is 2. The Morgan fingerprint density at radius 2 is 1.85 bits per heavy atom. The number of guanidine groups is 1. The van der Waals surface area contributed by atoms with Gasteiger partial charge in [0.15, 0.2) is 6.19 Å². The molecule has 33 heavy (non-hydrogen) atoms. The molecule has 0 saturated heterocycles. The molecule has 4 rings (SSSR count). The van der Waals surface area contributed by atoms with Crippen LogP contribution in [0.4, 0.5) is 26.1 Å². The molecule has 1 unspecified atom stereocenters. The Hall–Kier alpha value is -4.90. The fraction of sp³-hybridized carbons (Fsp3) is 0.0909. The number of hydrogen-bond donors (Lipinski definition) is 4. The van der Waals surface area contributed by atoms with E-state index in [0.717, 1.165) is 12.1 Å². The normalized spacial score (nSPS) is 14.2. The van der Waals surface area contributed by atoms with E-state index in [2.05, 4.69) is 20.6 Å². The number of halogens is 2. The summed E-state index contributed by atoms with van der Waals surface area (Å²) in [5.74, 6) is -0.830. The van der Waals surface area contributed by atoms with Gasteiger partial charge in [-0.2, -0.15) is 10.5 Å². The Morgan fingerprint density at radius 3 is 2.55 bits per heavy atom. The lowest BCUT2D eigenvalue weighted by Gasteiger charge is -2.26. The second kappa shape index (κ2) is 8.69. The van der Waals surface area contributed by atoms with Crippen molar-refractivity contribution in [3.63, 3.8) is 0 Å². The van der Waals surface area contributed by atoms with E-state index in [1.54, 1.807) is 30.5 Å². The van der Waals surface area contributed by atoms with Gasteiger partial charge in [-0.15, -0.1) is 0 Å². The fourth-order valence-electron chi connectivity index (χ4n) is 3.42. The van der Waals surface area contributed by atoms with Crippen molar-refractivity contribution in [2.24, 2.45) is 4.99 Å². The molecule has 1 aliphatic rings. The quantitative estimate of drug-likeness (QED) is 0.352. The van der Waals surface area contributed by atoms with Gasteiger partial charge in [0.25, 0.3) is 0 Å². The number of fused-ring (bicyclic) bond motifs is 1. The third-order valence-corrected chi connectivity index (χ3v) is 4.98. The van der Waals surface area contributed by atoms with Crippen LogP contribution in [0, 0.1) is 34.4 Å². The van der Waals surface area contributed by atoms with Crippen LogP contribution in [-0.4, -0.2) is 10.9 Å². The molecule has 164 valence electrons. The summed E-state index contributed by atoms with van der Waals surface area (Å²) in [4.78, 5) is 8.65. The highest BCUT2D eigenvalue weighted by molar-refractivity contribution is 5.98. The van der Waals surface area contributed by atoms with Crippen molar-refractivity contribution in [2.45, 2.75) is 12.6 Å². The van der Waals surface area contributed by atoms with Crippen molar-refractivity contribution < 1.29 is 13.5 Å². The monoisotopic (exact) mass is 446 g/mol. The molecule has 2 heterocycles. The number of nitrogens with one attached hydrogen (secondary N) is 2. The molecular weight excluding hydrogens is 430 g/mol. The standard InChI is InChI=1S/C22H16F2N8O/c23-15-5-2-6-16(24)14(15)9-33-12-4-1-3-11(7-12)19-17-18(27)13(8-25)20(28)31-21(17)32-22(30-19)29-10-26/h1-7,19H,9H2,(H6,27,28,29,30,31,32). The number of aromatic nitrogens is 1. The van der Waals surface area contributed by atoms with Crippen molar-refractivity contribution in [3.8, 4) is 18.0 Å². The van der Waals surface area contributed by atoms with Crippen LogP contribution in [0.5, 0.6) is 5.75 Å². The molecule has 1 aliphatic heterocycles. The Kier molecular flexibility index (Phi) is 5.62. The van der Waals surface area contributed by atoms with E-state index in [-0.39, 0.29) is 41.0 Å². The lowest BCUT2D eigenvalue weighted by molar-refractivity contribution is 0.292. The second-order valence-corrected chi connectivity index (χ2v) is 6.96. The van der Waals surface area contributed by atoms with E-state index in [4.69, 9.17) is 21.5 Å². The number of nitrogens with zero attached hydrogens (tertiary/aromatic N) is 4. The molecule has 0 bridgehead atoms. The predicted octanol–water partition coefficient (Wildman–Crippen LogP) is 2.92. The lowest BCUT2D eigenvalue weighted by Crippen LogP contribution is -2.32. The summed E-state index contributed by atoms with van der Waals surface area (Å²) in [6, 6.07) is 11.4. The number of benzene rings is 2. The Balaban J connectivity index is 1.73. The molecule has 2 aromatic carbocycles. The number of rotatable bonds is 4. The summed E-state index contributed by atoms with van der Waals surface area (Å²) in [6.45, 7) is -0.325. The minimum absolute atomic E-state index is 0.00914. The number of nitrogen functional groups attached to an aromatic ring is 2. The number of anilines is 3. The number of hydrogen-bond acceptors (Lipinski definition) is 9. The highest BCUT2D eigenvalue weighted by Crippen LogP contribution is 2.41. The van der Waals surface area contributed by atoms with E-state index < -0.39 is 17.7 Å². The third kappa shape index (κ3) is 4.03. The topological polar surface area (TPSA) is 158 Å². The molecule has 0 fully saturated rings. The van der Waals surface area contributed by atoms with Crippen molar-refractivity contribution in [1.29, 1.82) is 10.5 Å². The molecule has 0 spiro atoms. The molecule has 11 heteroatoms. The SMILES string of the molecule is N#CNC1=NC(c2cccc(OCc3c(F)cccc3F)c2)c2c(nc(N)c(C#N)c2N)N1. The Bertz CT molecular complexity index is 1340. The van der Waals surface area contributed by atoms with Crippen molar-refractivity contribution >= 4 is 23.3 Å². The smallest absolute Gasteiger partial charge is 0.211 e. The fourth-order valence-corrected chi connectivity index (χ4v) is 3.42. The average Bonchev–Trinajstić information content (AvgIpc) is 2.79. The molecule has 0 radical (unpaired) electrons. The van der Waals surface area contributed by atoms with Gasteiger partial charge >= 0.3 is 0 Å². The number of ether oxygens (including phenoxy) is 1. The molecule has 0 aliphatic carbocycles. The molecule has 1 atom stereocenters. The summed E-state index contributed by atoms with van der Waals surface area (Å²) in [5.41, 5.74) is 12.9. The van der Waals surface area contributed by atoms with Crippen LogP contribution in [0.3, 0.4) is 0 Å². The lowest BCUT2D eigenvalue weighted by atomic mass is 9.95. The first-order valence-corrected chi connectivity index (χ1v) is 9.57. The summed E-state index contributed by atoms with van der Waals surface area (Å²) in [5, 5.41) is 23.7. The van der Waals surface area contributed by atoms with E-state index >= 15 is 0 Å². The van der Waals surface area contributed by atoms with Crippen LogP contribution in [-0.2, 0) is 6.61 Å². The summed E-state index contributed by atoms with van der Waals surface area (Å²) < 4.78 is 33.4. The van der Waals surface area contributed by atoms with Gasteiger partial charge in [-0.25, -0.2) is 18.8 Å². The summed E-state index contributed by atoms with van der Waals surface area (Å²) in [7, 11) is 0. The molecule has 1 aromatic heterocycles. The molecule has 9 nitrogen and oxygen atoms in total. The van der Waals surface area contributed by atoms with Gasteiger partial charge in [0, 0.05) is 5.56 Å². The van der Waals surface area contributed by atoms with Gasteiger partial charge in [0.1, 0.15) is 53.3 Å². The van der Waals surface area contributed by atoms with Crippen LogP contribution >= 0.6 is 0 Å². The number of nitrogens with two attached hydrogens (primary N) is 2. The second-order valence-electron chi connectivity index (χ2n) is 6.96. The van der Waals surface area contributed by atoms with E-state index in [1.165, 1.54) is 6.07 Å². The molecular formula is C22H16F2N8O. The van der Waals surface area contributed by atoms with Gasteiger partial charge in [0.05, 0.1) is 11.3 Å². The van der Waals surface area contributed by atoms with Crippen molar-refractivity contribution in [3.05, 3.63) is 76.4 Å². The average molecular weight is 446 g/mol. The first-order chi connectivity index (χ1) is 15.9. The zero-order chi connectivity index (χ0) is 23.5. The first-order valence-electron chi connectivity index (χ1n) is 9.57. The predicted molar refractivity (Wildman–Crippen MR) is 117 cm³/mol. The van der Waals surface area contributed by atoms with Gasteiger partial charge in [0.2, 0.25) is 5.96 Å². The highest BCUT2D eigenvalue weighted by Gasteiger charge is 2.29. The maximum atomic E-state index is 13.9. The van der Waals surface area contributed by atoms with E-state index in [9.17, 15) is 14.0 Å². The molecule has 0 saturated carbocycles. The summed E-state index contributed by atoms with van der Waals surface area (Å²) in [6.07, 6.45) is 1.77. The zero-order valence-electron chi connectivity index (χ0n) is 16.9. The van der Waals surface area contributed by atoms with E-state index in [0.29, 0.717) is 16.9 Å². The maximum absolute atomic E-state index is 13.9. The van der Waals surface area contributed by atoms with Crippen molar-refractivity contribution in [1.82, 2.24) is 10.3 Å². The molecule has 3 aromatic rings. The zero-order valence-corrected chi connectivity index (χ0v) is 16.9. The largest absolute Gasteiger partial charge is 0.489 e. The summed E-state index contributed by atoms with van der Waals surface area (Å²) >= 11 is 0. The highest BCUT2D eigenvalue weighted by atomic mass is 19.1. The minimum Gasteiger partial charge on any atom is -0.489 e. The van der Waals surface area contributed by atoms with Crippen LogP contribution in [0.2, 0.25) is 0 Å². The van der Waals surface area contributed by atoms with Crippen molar-refractivity contribution in [2.75, 3.05) is 16.8 Å². The van der Waals surface area contributed by atoms with E-state index in [1.807, 2.05) is 6.07 Å². The van der Waals surface area contributed by atoms with Gasteiger partial charge in [-0.3, -0.25) is 5.32 Å². The number of aliphatic imine (C=N–C) groups is 1. The Morgan fingerprint density at radius 1 is 1.12 bits per heavy atom. The maximum Gasteiger partial charge on any atom is 0.211 e. The van der Waals surface area contributed by atoms with Gasteiger partial charge < -0.3 is 21.5 Å². The number of pyridine rings is 1. The first kappa shape index (κ1) is 21.3. The van der Waals surface area contributed by atoms with Crippen LogP contribution in [0.25, 0.3) is 0 Å². The third-order valence-electron chi connectivity index (χ3n) is 4.98. The van der Waals surface area contributed by atoms with Gasteiger partial charge in [-0.05, 0) is 29.8 Å². The molecule has 0 amide bonds. The van der Waals surface area contributed by atoms with Crippen LogP contribution < -0.4 is 26.8 Å². The van der Waals surface area contributed by atoms with Crippen LogP contribution in [0.1, 0.15) is 28.3 Å². The van der Waals surface area contributed by atoms with Gasteiger partial charge in [-0.1, -0.05) is 18.2 Å². The molecule has 6 N–H and O–H groups in total. The Labute approximate surface area is 186 Å². The van der Waals surface area contributed by atoms with Crippen LogP contribution in [0.15, 0.2) is 47.5 Å². The minimum atomic E-state index is -0.772.